The molecule has 104 valence electrons. The summed E-state index contributed by atoms with van der Waals surface area (Å²) < 4.78 is 10.0. The fourth-order valence-corrected chi connectivity index (χ4v) is 1.47. The van der Waals surface area contributed by atoms with Gasteiger partial charge in [-0.05, 0) is 24.3 Å². The van der Waals surface area contributed by atoms with Crippen molar-refractivity contribution >= 4 is 17.6 Å². The summed E-state index contributed by atoms with van der Waals surface area (Å²) in [4.78, 5) is 22.6. The number of rotatable bonds is 4. The molecule has 0 saturated heterocycles. The Morgan fingerprint density at radius 2 is 1.85 bits per heavy atom. The summed E-state index contributed by atoms with van der Waals surface area (Å²) in [6.45, 7) is 0. The van der Waals surface area contributed by atoms with Crippen LogP contribution in [0.2, 0.25) is 0 Å². The average Bonchev–Trinajstić information content (AvgIpc) is 2.81. The third kappa shape index (κ3) is 2.53. The van der Waals surface area contributed by atoms with Gasteiger partial charge >= 0.3 is 11.9 Å². The largest absolute Gasteiger partial charge is 0.497 e. The predicted octanol–water partition coefficient (Wildman–Crippen LogP) is 0.918. The molecule has 8 nitrogen and oxygen atoms in total. The number of nitrogen functional groups attached to an aromatic ring is 1. The van der Waals surface area contributed by atoms with Crippen LogP contribution in [0.15, 0.2) is 24.3 Å². The van der Waals surface area contributed by atoms with Gasteiger partial charge in [0.2, 0.25) is 0 Å². The molecule has 0 amide bonds. The lowest BCUT2D eigenvalue weighted by molar-refractivity contribution is 0.0690. The molecule has 0 fully saturated rings. The molecule has 0 aliphatic carbocycles. The van der Waals surface area contributed by atoms with Crippen LogP contribution in [0.5, 0.6) is 11.5 Å². The van der Waals surface area contributed by atoms with Gasteiger partial charge in [0.1, 0.15) is 11.5 Å². The predicted molar refractivity (Wildman–Crippen MR) is 67.9 cm³/mol. The van der Waals surface area contributed by atoms with Gasteiger partial charge in [0.15, 0.2) is 11.4 Å². The number of esters is 1. The first-order valence-corrected chi connectivity index (χ1v) is 5.46. The van der Waals surface area contributed by atoms with Crippen molar-refractivity contribution in [2.45, 2.75) is 0 Å². The lowest BCUT2D eigenvalue weighted by Crippen LogP contribution is -2.12. The number of nitrogens with two attached hydrogens (primary N) is 1. The van der Waals surface area contributed by atoms with Crippen molar-refractivity contribution in [3.05, 3.63) is 35.7 Å². The van der Waals surface area contributed by atoms with E-state index in [1.54, 1.807) is 12.1 Å². The van der Waals surface area contributed by atoms with E-state index in [1.165, 1.54) is 19.2 Å². The number of aromatic nitrogens is 2. The van der Waals surface area contributed by atoms with Crippen molar-refractivity contribution < 1.29 is 24.2 Å². The van der Waals surface area contributed by atoms with Gasteiger partial charge in [-0.2, -0.15) is 5.10 Å². The molecule has 1 heterocycles. The molecule has 2 rings (SSSR count). The Bertz CT molecular complexity index is 648. The highest BCUT2D eigenvalue weighted by molar-refractivity contribution is 6.01. The minimum atomic E-state index is -1.33. The van der Waals surface area contributed by atoms with Crippen molar-refractivity contribution in [2.24, 2.45) is 0 Å². The molecular weight excluding hydrogens is 266 g/mol. The number of carboxylic acid groups (broad SMARTS) is 1. The van der Waals surface area contributed by atoms with E-state index in [0.717, 1.165) is 0 Å². The second-order valence-corrected chi connectivity index (χ2v) is 3.73. The Labute approximate surface area is 113 Å². The van der Waals surface area contributed by atoms with Gasteiger partial charge in [0.05, 0.1) is 12.8 Å². The molecule has 2 aromatic rings. The number of benzene rings is 1. The number of carbonyl (C=O) groups excluding carboxylic acids is 1. The van der Waals surface area contributed by atoms with Crippen molar-refractivity contribution in [1.82, 2.24) is 10.2 Å². The summed E-state index contributed by atoms with van der Waals surface area (Å²) >= 11 is 0. The molecule has 0 aliphatic rings. The van der Waals surface area contributed by atoms with Crippen molar-refractivity contribution in [3.8, 4) is 11.5 Å². The lowest BCUT2D eigenvalue weighted by Gasteiger charge is -2.04. The molecule has 8 heteroatoms. The van der Waals surface area contributed by atoms with E-state index >= 15 is 0 Å². The van der Waals surface area contributed by atoms with Crippen molar-refractivity contribution in [1.29, 1.82) is 0 Å². The highest BCUT2D eigenvalue weighted by Crippen LogP contribution is 2.20. The maximum atomic E-state index is 11.8. The first-order chi connectivity index (χ1) is 9.52. The molecule has 0 radical (unpaired) electrons. The molecule has 0 bridgehead atoms. The summed E-state index contributed by atoms with van der Waals surface area (Å²) in [5.41, 5.74) is 4.61. The summed E-state index contributed by atoms with van der Waals surface area (Å²) in [5.74, 6) is -1.28. The van der Waals surface area contributed by atoms with Crippen LogP contribution in [-0.2, 0) is 0 Å². The second-order valence-electron chi connectivity index (χ2n) is 3.73. The van der Waals surface area contributed by atoms with Crippen LogP contribution < -0.4 is 15.2 Å². The quantitative estimate of drug-likeness (QED) is 0.560. The molecule has 1 aromatic heterocycles. The van der Waals surface area contributed by atoms with E-state index in [0.29, 0.717) is 5.75 Å². The molecule has 0 unspecified atom stereocenters. The van der Waals surface area contributed by atoms with Crippen LogP contribution in [0.25, 0.3) is 0 Å². The summed E-state index contributed by atoms with van der Waals surface area (Å²) in [6.07, 6.45) is 0. The van der Waals surface area contributed by atoms with Crippen LogP contribution in [0.4, 0.5) is 5.69 Å². The Hall–Kier alpha value is -3.03. The summed E-state index contributed by atoms with van der Waals surface area (Å²) in [7, 11) is 1.51. The summed E-state index contributed by atoms with van der Waals surface area (Å²) in [5, 5.41) is 14.5. The SMILES string of the molecule is COc1ccc(OC(=O)c2[nH]nc(C(=O)O)c2N)cc1. The first-order valence-electron chi connectivity index (χ1n) is 5.46. The number of anilines is 1. The fourth-order valence-electron chi connectivity index (χ4n) is 1.47. The van der Waals surface area contributed by atoms with Crippen LogP contribution >= 0.6 is 0 Å². The van der Waals surface area contributed by atoms with Crippen LogP contribution in [-0.4, -0.2) is 34.4 Å². The van der Waals surface area contributed by atoms with Gasteiger partial charge in [0, 0.05) is 0 Å². The molecule has 0 saturated carbocycles. The van der Waals surface area contributed by atoms with Crippen molar-refractivity contribution in [2.75, 3.05) is 12.8 Å². The standard InChI is InChI=1S/C12H11N3O5/c1-19-6-2-4-7(5-3-6)20-12(18)10-8(13)9(11(16)17)14-15-10/h2-5H,13H2,1H3,(H,14,15)(H,16,17). The number of hydrogen-bond acceptors (Lipinski definition) is 6. The number of methoxy groups -OCH3 is 1. The molecular formula is C12H11N3O5. The Balaban J connectivity index is 2.17. The number of carboxylic acids is 1. The van der Waals surface area contributed by atoms with Gasteiger partial charge in [0.25, 0.3) is 0 Å². The van der Waals surface area contributed by atoms with Crippen LogP contribution in [0.3, 0.4) is 0 Å². The average molecular weight is 277 g/mol. The number of nitrogens with zero attached hydrogens (tertiary/aromatic N) is 1. The van der Waals surface area contributed by atoms with E-state index in [-0.39, 0.29) is 17.1 Å². The van der Waals surface area contributed by atoms with E-state index in [9.17, 15) is 9.59 Å². The number of nitrogens with one attached hydrogen (secondary N) is 1. The minimum Gasteiger partial charge on any atom is -0.497 e. The van der Waals surface area contributed by atoms with E-state index in [4.69, 9.17) is 20.3 Å². The molecule has 0 atom stereocenters. The molecule has 0 spiro atoms. The smallest absolute Gasteiger partial charge is 0.363 e. The minimum absolute atomic E-state index is 0.210. The maximum absolute atomic E-state index is 11.8. The van der Waals surface area contributed by atoms with Gasteiger partial charge in [-0.25, -0.2) is 9.59 Å². The highest BCUT2D eigenvalue weighted by atomic mass is 16.5. The van der Waals surface area contributed by atoms with Gasteiger partial charge in [-0.1, -0.05) is 0 Å². The fraction of sp³-hybridized carbons (Fsp3) is 0.0833. The Morgan fingerprint density at radius 1 is 1.25 bits per heavy atom. The van der Waals surface area contributed by atoms with Gasteiger partial charge in [-0.15, -0.1) is 0 Å². The van der Waals surface area contributed by atoms with E-state index < -0.39 is 17.6 Å². The Morgan fingerprint density at radius 3 is 2.35 bits per heavy atom. The molecule has 20 heavy (non-hydrogen) atoms. The monoisotopic (exact) mass is 277 g/mol. The lowest BCUT2D eigenvalue weighted by atomic mass is 10.3. The van der Waals surface area contributed by atoms with Crippen LogP contribution in [0, 0.1) is 0 Å². The molecule has 1 aromatic carbocycles. The van der Waals surface area contributed by atoms with Gasteiger partial charge < -0.3 is 20.3 Å². The molecule has 4 N–H and O–H groups in total. The number of aromatic carboxylic acids is 1. The first kappa shape index (κ1) is 13.4. The zero-order valence-electron chi connectivity index (χ0n) is 10.4. The van der Waals surface area contributed by atoms with Gasteiger partial charge in [-0.3, -0.25) is 5.10 Å². The number of H-pyrrole nitrogens is 1. The number of hydrogen-bond donors (Lipinski definition) is 3. The normalized spacial score (nSPS) is 10.1. The summed E-state index contributed by atoms with van der Waals surface area (Å²) in [6, 6.07) is 6.28. The Kier molecular flexibility index (Phi) is 3.56. The van der Waals surface area contributed by atoms with Crippen molar-refractivity contribution in [3.63, 3.8) is 0 Å². The van der Waals surface area contributed by atoms with E-state index in [1.807, 2.05) is 0 Å². The topological polar surface area (TPSA) is 128 Å². The number of carbonyl (C=O) groups is 2. The second kappa shape index (κ2) is 5.31. The zero-order valence-corrected chi connectivity index (χ0v) is 10.4. The number of aromatic amines is 1. The number of ether oxygens (including phenoxy) is 2. The third-order valence-electron chi connectivity index (χ3n) is 2.48. The molecule has 0 aliphatic heterocycles. The maximum Gasteiger partial charge on any atom is 0.363 e. The highest BCUT2D eigenvalue weighted by Gasteiger charge is 2.22. The zero-order chi connectivity index (χ0) is 14.7. The van der Waals surface area contributed by atoms with Crippen LogP contribution in [0.1, 0.15) is 21.0 Å². The third-order valence-corrected chi connectivity index (χ3v) is 2.48. The van der Waals surface area contributed by atoms with E-state index in [2.05, 4.69) is 10.2 Å².